The van der Waals surface area contributed by atoms with E-state index in [1.165, 1.54) is 0 Å². The van der Waals surface area contributed by atoms with E-state index in [4.69, 9.17) is 9.15 Å². The van der Waals surface area contributed by atoms with Gasteiger partial charge in [0, 0.05) is 38.2 Å². The molecule has 4 nitrogen and oxygen atoms in total. The van der Waals surface area contributed by atoms with Crippen LogP contribution < -0.4 is 10.3 Å². The van der Waals surface area contributed by atoms with E-state index < -0.39 is 5.41 Å². The summed E-state index contributed by atoms with van der Waals surface area (Å²) in [5.74, 6) is 1.61. The Morgan fingerprint density at radius 1 is 0.500 bits per heavy atom. The van der Waals surface area contributed by atoms with Crippen LogP contribution in [-0.2, 0) is 5.41 Å². The van der Waals surface area contributed by atoms with Crippen molar-refractivity contribution in [2.45, 2.75) is 5.41 Å². The molecule has 0 bridgehead atoms. The van der Waals surface area contributed by atoms with Crippen LogP contribution >= 0.6 is 0 Å². The number of fused-ring (bicyclic) bond motifs is 13. The van der Waals surface area contributed by atoms with Gasteiger partial charge in [-0.25, -0.2) is 0 Å². The summed E-state index contributed by atoms with van der Waals surface area (Å²) in [6.07, 6.45) is 0. The van der Waals surface area contributed by atoms with E-state index in [1.54, 1.807) is 0 Å². The number of benzene rings is 7. The van der Waals surface area contributed by atoms with Crippen LogP contribution in [0.3, 0.4) is 0 Å². The highest BCUT2D eigenvalue weighted by atomic mass is 16.5. The van der Waals surface area contributed by atoms with Crippen molar-refractivity contribution in [2.24, 2.45) is 0 Å². The Morgan fingerprint density at radius 2 is 1.12 bits per heavy atom. The van der Waals surface area contributed by atoms with Gasteiger partial charge in [0.2, 0.25) is 0 Å². The van der Waals surface area contributed by atoms with Crippen LogP contribution in [0.5, 0.6) is 11.5 Å². The molecule has 0 unspecified atom stereocenters. The van der Waals surface area contributed by atoms with Crippen LogP contribution in [0.1, 0.15) is 22.3 Å². The zero-order chi connectivity index (χ0) is 31.6. The van der Waals surface area contributed by atoms with Gasteiger partial charge in [-0.2, -0.15) is 0 Å². The quantitative estimate of drug-likeness (QED) is 0.173. The molecule has 9 aromatic rings. The van der Waals surface area contributed by atoms with Gasteiger partial charge in [-0.3, -0.25) is 9.36 Å². The minimum Gasteiger partial charge on any atom is -0.457 e. The molecule has 4 heterocycles. The minimum absolute atomic E-state index is 0.0255. The molecule has 1 spiro atoms. The van der Waals surface area contributed by atoms with E-state index in [9.17, 15) is 4.79 Å². The number of furan rings is 1. The molecule has 0 aliphatic carbocycles. The number of pyridine rings is 1. The number of rotatable bonds is 1. The van der Waals surface area contributed by atoms with Gasteiger partial charge in [0.25, 0.3) is 5.56 Å². The maximum absolute atomic E-state index is 14.6. The highest BCUT2D eigenvalue weighted by Gasteiger charge is 2.50. The number of aromatic nitrogens is 1. The third kappa shape index (κ3) is 3.07. The average Bonchev–Trinajstić information content (AvgIpc) is 3.53. The summed E-state index contributed by atoms with van der Waals surface area (Å²) in [4.78, 5) is 14.6. The lowest BCUT2D eigenvalue weighted by Gasteiger charge is -2.45. The second kappa shape index (κ2) is 9.11. The highest BCUT2D eigenvalue weighted by molar-refractivity contribution is 6.11. The van der Waals surface area contributed by atoms with E-state index in [-0.39, 0.29) is 5.56 Å². The van der Waals surface area contributed by atoms with Crippen molar-refractivity contribution < 1.29 is 9.15 Å². The summed E-state index contributed by atoms with van der Waals surface area (Å²) in [6, 6.07) is 52.1. The predicted molar refractivity (Wildman–Crippen MR) is 192 cm³/mol. The fourth-order valence-corrected chi connectivity index (χ4v) is 8.55. The fraction of sp³-hybridized carbons (Fsp3) is 0.0227. The second-order valence-electron chi connectivity index (χ2n) is 12.7. The molecule has 224 valence electrons. The SMILES string of the molecule is O=c1c2ccccc2c2cccc3c2n1-c1ccc(-c2cccc4c2oc2ccccc24)cc1C31c2ccccc2Oc2ccccc21. The molecular weight excluding hydrogens is 590 g/mol. The van der Waals surface area contributed by atoms with Gasteiger partial charge in [-0.1, -0.05) is 115 Å². The van der Waals surface area contributed by atoms with Crippen LogP contribution in [0.4, 0.5) is 0 Å². The molecule has 0 saturated carbocycles. The van der Waals surface area contributed by atoms with Crippen molar-refractivity contribution in [1.82, 2.24) is 4.57 Å². The highest BCUT2D eigenvalue weighted by Crippen LogP contribution is 2.59. The lowest BCUT2D eigenvalue weighted by atomic mass is 9.61. The summed E-state index contributed by atoms with van der Waals surface area (Å²) in [7, 11) is 0. The zero-order valence-corrected chi connectivity index (χ0v) is 25.6. The molecular formula is C44H25NO3. The zero-order valence-electron chi connectivity index (χ0n) is 25.6. The molecule has 0 saturated heterocycles. The molecule has 11 rings (SSSR count). The third-order valence-corrected chi connectivity index (χ3v) is 10.5. The number of para-hydroxylation sites is 5. The first-order valence-corrected chi connectivity index (χ1v) is 16.2. The van der Waals surface area contributed by atoms with Gasteiger partial charge >= 0.3 is 0 Å². The number of hydrogen-bond acceptors (Lipinski definition) is 3. The van der Waals surface area contributed by atoms with Gasteiger partial charge in [0.15, 0.2) is 0 Å². The van der Waals surface area contributed by atoms with Crippen LogP contribution in [-0.4, -0.2) is 4.57 Å². The smallest absolute Gasteiger partial charge is 0.263 e. The fourth-order valence-electron chi connectivity index (χ4n) is 8.55. The van der Waals surface area contributed by atoms with Crippen molar-refractivity contribution in [2.75, 3.05) is 0 Å². The minimum atomic E-state index is -0.771. The first kappa shape index (κ1) is 25.8. The molecule has 0 atom stereocenters. The predicted octanol–water partition coefficient (Wildman–Crippen LogP) is 10.5. The van der Waals surface area contributed by atoms with Crippen molar-refractivity contribution in [1.29, 1.82) is 0 Å². The van der Waals surface area contributed by atoms with Gasteiger partial charge < -0.3 is 9.15 Å². The molecule has 48 heavy (non-hydrogen) atoms. The number of hydrogen-bond donors (Lipinski definition) is 0. The first-order valence-electron chi connectivity index (χ1n) is 16.2. The Labute approximate surface area is 274 Å². The molecule has 7 aromatic carbocycles. The second-order valence-corrected chi connectivity index (χ2v) is 12.7. The van der Waals surface area contributed by atoms with Crippen molar-refractivity contribution >= 4 is 43.6 Å². The molecule has 0 fully saturated rings. The summed E-state index contributed by atoms with van der Waals surface area (Å²) in [5, 5.41) is 4.87. The largest absolute Gasteiger partial charge is 0.457 e. The van der Waals surface area contributed by atoms with E-state index in [0.29, 0.717) is 5.39 Å². The molecule has 2 aromatic heterocycles. The van der Waals surface area contributed by atoms with E-state index in [1.807, 2.05) is 65.2 Å². The lowest BCUT2D eigenvalue weighted by molar-refractivity contribution is 0.434. The van der Waals surface area contributed by atoms with E-state index in [2.05, 4.69) is 91.0 Å². The molecule has 0 radical (unpaired) electrons. The van der Waals surface area contributed by atoms with E-state index >= 15 is 0 Å². The topological polar surface area (TPSA) is 44.4 Å². The lowest BCUT2D eigenvalue weighted by Crippen LogP contribution is -2.40. The standard InChI is InChI=1S/C44H25NO3/c46-43-32-13-2-1-11-28(32)30-15-10-19-35-41(30)45(43)37-24-23-26(27-14-9-16-31-29-12-3-6-20-38(29)48-42(27)31)25-36(37)44(35)33-17-4-7-21-39(33)47-40-22-8-5-18-34(40)44/h1-25H. The van der Waals surface area contributed by atoms with Gasteiger partial charge in [0.1, 0.15) is 22.7 Å². The summed E-state index contributed by atoms with van der Waals surface area (Å²) in [6.45, 7) is 0. The van der Waals surface area contributed by atoms with Crippen LogP contribution in [0, 0.1) is 0 Å². The van der Waals surface area contributed by atoms with Crippen LogP contribution in [0.25, 0.3) is 60.4 Å². The van der Waals surface area contributed by atoms with Gasteiger partial charge in [-0.05, 0) is 58.5 Å². The number of ether oxygens (including phenoxy) is 1. The van der Waals surface area contributed by atoms with Crippen LogP contribution in [0.15, 0.2) is 161 Å². The Hall–Kier alpha value is -6.39. The van der Waals surface area contributed by atoms with Gasteiger partial charge in [-0.15, -0.1) is 0 Å². The van der Waals surface area contributed by atoms with E-state index in [0.717, 1.165) is 88.8 Å². The Balaban J connectivity index is 1.35. The van der Waals surface area contributed by atoms with Crippen molar-refractivity contribution in [3.8, 4) is 28.3 Å². The maximum Gasteiger partial charge on any atom is 0.263 e. The summed E-state index contributed by atoms with van der Waals surface area (Å²) >= 11 is 0. The Morgan fingerprint density at radius 3 is 1.94 bits per heavy atom. The van der Waals surface area contributed by atoms with Crippen molar-refractivity contribution in [3.63, 3.8) is 0 Å². The monoisotopic (exact) mass is 615 g/mol. The normalized spacial score (nSPS) is 13.8. The molecule has 4 heteroatoms. The summed E-state index contributed by atoms with van der Waals surface area (Å²) in [5.41, 5.74) is 8.89. The maximum atomic E-state index is 14.6. The Bertz CT molecular complexity index is 2860. The van der Waals surface area contributed by atoms with Gasteiger partial charge in [0.05, 0.1) is 16.6 Å². The molecule has 2 aliphatic rings. The third-order valence-electron chi connectivity index (χ3n) is 10.5. The number of nitrogens with zero attached hydrogens (tertiary/aromatic N) is 1. The Kier molecular flexibility index (Phi) is 4.89. The summed E-state index contributed by atoms with van der Waals surface area (Å²) < 4.78 is 15.1. The molecule has 0 N–H and O–H groups in total. The molecule has 0 amide bonds. The molecule has 2 aliphatic heterocycles. The average molecular weight is 616 g/mol. The van der Waals surface area contributed by atoms with Crippen LogP contribution in [0.2, 0.25) is 0 Å². The van der Waals surface area contributed by atoms with Crippen molar-refractivity contribution in [3.05, 3.63) is 184 Å². The first-order chi connectivity index (χ1) is 23.7.